The van der Waals surface area contributed by atoms with Crippen molar-refractivity contribution < 1.29 is 61.7 Å². The summed E-state index contributed by atoms with van der Waals surface area (Å²) in [7, 11) is 0. The second kappa shape index (κ2) is 12.0. The van der Waals surface area contributed by atoms with Gasteiger partial charge in [0.25, 0.3) is 17.7 Å². The number of benzene rings is 1. The van der Waals surface area contributed by atoms with Gasteiger partial charge in [-0.25, -0.2) is 4.79 Å². The number of hydrogen-bond donors (Lipinski definition) is 4. The summed E-state index contributed by atoms with van der Waals surface area (Å²) in [4.78, 5) is 81.1. The van der Waals surface area contributed by atoms with Crippen LogP contribution in [0.4, 0.5) is 13.2 Å². The molecule has 1 aromatic rings. The molecule has 0 spiro atoms. The second-order valence-electron chi connectivity index (χ2n) is 7.56. The van der Waals surface area contributed by atoms with E-state index in [1.807, 2.05) is 0 Å². The van der Waals surface area contributed by atoms with Gasteiger partial charge in [-0.2, -0.15) is 13.2 Å². The van der Waals surface area contributed by atoms with Crippen LogP contribution >= 0.6 is 0 Å². The summed E-state index contributed by atoms with van der Waals surface area (Å²) in [5.74, 6) is -6.82. The quantitative estimate of drug-likeness (QED) is 0.263. The lowest BCUT2D eigenvalue weighted by Crippen LogP contribution is -2.54. The summed E-state index contributed by atoms with van der Waals surface area (Å²) < 4.78 is 37.1. The lowest BCUT2D eigenvalue weighted by Gasteiger charge is -2.27. The van der Waals surface area contributed by atoms with Crippen LogP contribution in [-0.4, -0.2) is 82.0 Å². The number of imide groups is 2. The fourth-order valence-electron chi connectivity index (χ4n) is 3.27. The molecule has 1 unspecified atom stereocenters. The molecule has 1 fully saturated rings. The number of halogens is 3. The normalized spacial score (nSPS) is 16.8. The summed E-state index contributed by atoms with van der Waals surface area (Å²) in [6.45, 7) is -0.286. The van der Waals surface area contributed by atoms with Crippen LogP contribution in [0.15, 0.2) is 18.2 Å². The molecule has 0 aliphatic carbocycles. The minimum atomic E-state index is -5.08. The molecule has 4 N–H and O–H groups in total. The third-order valence-corrected chi connectivity index (χ3v) is 4.92. The molecule has 37 heavy (non-hydrogen) atoms. The van der Waals surface area contributed by atoms with E-state index < -0.39 is 60.3 Å². The molecule has 5 amide bonds. The number of aliphatic carboxylic acids is 2. The predicted molar refractivity (Wildman–Crippen MR) is 112 cm³/mol. The molecule has 13 nitrogen and oxygen atoms in total. The highest BCUT2D eigenvalue weighted by Crippen LogP contribution is 2.33. The number of alkyl halides is 3. The molecule has 0 bridgehead atoms. The maximum Gasteiger partial charge on any atom is 0.490 e. The monoisotopic (exact) mass is 531 g/mol. The summed E-state index contributed by atoms with van der Waals surface area (Å²) in [6, 6.07) is 3.23. The fourth-order valence-corrected chi connectivity index (χ4v) is 3.27. The van der Waals surface area contributed by atoms with Crippen molar-refractivity contribution in [3.8, 4) is 5.75 Å². The van der Waals surface area contributed by atoms with Gasteiger partial charge < -0.3 is 20.3 Å². The number of hydrogen-bond acceptors (Lipinski definition) is 8. The third kappa shape index (κ3) is 7.49. The van der Waals surface area contributed by atoms with E-state index in [9.17, 15) is 41.9 Å². The highest BCUT2D eigenvalue weighted by molar-refractivity contribution is 6.24. The van der Waals surface area contributed by atoms with Gasteiger partial charge in [-0.1, -0.05) is 6.07 Å². The Labute approximate surface area is 205 Å². The van der Waals surface area contributed by atoms with Gasteiger partial charge in [-0.05, 0) is 25.0 Å². The van der Waals surface area contributed by atoms with Crippen molar-refractivity contribution in [1.82, 2.24) is 15.5 Å². The van der Waals surface area contributed by atoms with E-state index in [0.717, 1.165) is 4.90 Å². The van der Waals surface area contributed by atoms with E-state index in [0.29, 0.717) is 0 Å². The number of ether oxygens (including phenoxy) is 1. The molecular formula is C21H20F3N3O10. The number of amides is 5. The number of piperidine rings is 1. The second-order valence-corrected chi connectivity index (χ2v) is 7.56. The predicted octanol–water partition coefficient (Wildman–Crippen LogP) is 0.0809. The molecular weight excluding hydrogens is 511 g/mol. The summed E-state index contributed by atoms with van der Waals surface area (Å²) in [5, 5.41) is 20.3. The molecule has 1 aromatic carbocycles. The molecule has 3 rings (SSSR count). The van der Waals surface area contributed by atoms with E-state index in [-0.39, 0.29) is 49.1 Å². The van der Waals surface area contributed by atoms with Crippen molar-refractivity contribution >= 4 is 41.5 Å². The zero-order valence-electron chi connectivity index (χ0n) is 18.8. The van der Waals surface area contributed by atoms with Crippen molar-refractivity contribution in [2.24, 2.45) is 0 Å². The van der Waals surface area contributed by atoms with Crippen LogP contribution in [0.2, 0.25) is 0 Å². The van der Waals surface area contributed by atoms with Gasteiger partial charge in [0.2, 0.25) is 11.8 Å². The topological polar surface area (TPSA) is 196 Å². The van der Waals surface area contributed by atoms with Gasteiger partial charge in [0.05, 0.1) is 11.1 Å². The van der Waals surface area contributed by atoms with Gasteiger partial charge >= 0.3 is 18.1 Å². The van der Waals surface area contributed by atoms with E-state index in [4.69, 9.17) is 19.7 Å². The molecule has 0 saturated carbocycles. The Balaban J connectivity index is 0.000000604. The van der Waals surface area contributed by atoms with Crippen LogP contribution in [0.3, 0.4) is 0 Å². The Hall–Kier alpha value is -4.50. The van der Waals surface area contributed by atoms with E-state index in [1.54, 1.807) is 0 Å². The molecule has 1 saturated heterocycles. The number of carboxylic acids is 2. The first-order valence-corrected chi connectivity index (χ1v) is 10.5. The summed E-state index contributed by atoms with van der Waals surface area (Å²) in [6.07, 6.45) is -4.86. The van der Waals surface area contributed by atoms with Crippen LogP contribution in [0.25, 0.3) is 0 Å². The smallest absolute Gasteiger partial charge is 0.483 e. The van der Waals surface area contributed by atoms with Gasteiger partial charge in [0.1, 0.15) is 11.8 Å². The van der Waals surface area contributed by atoms with Gasteiger partial charge in [0, 0.05) is 19.4 Å². The van der Waals surface area contributed by atoms with E-state index in [2.05, 4.69) is 10.6 Å². The molecule has 2 aliphatic rings. The SMILES string of the molecule is O=C(O)C(F)(F)F.O=C(O)CCCNC(=O)COc1cccc2c1C(=O)N(C1CCC(=O)NC1=O)C2=O. The summed E-state index contributed by atoms with van der Waals surface area (Å²) in [5.41, 5.74) is -0.00468. The van der Waals surface area contributed by atoms with Crippen molar-refractivity contribution in [2.45, 2.75) is 37.9 Å². The molecule has 200 valence electrons. The van der Waals surface area contributed by atoms with Gasteiger partial charge in [-0.15, -0.1) is 0 Å². The van der Waals surface area contributed by atoms with Gasteiger partial charge in [0.15, 0.2) is 6.61 Å². The number of nitrogens with zero attached hydrogens (tertiary/aromatic N) is 1. The lowest BCUT2D eigenvalue weighted by molar-refractivity contribution is -0.192. The average molecular weight is 531 g/mol. The van der Waals surface area contributed by atoms with Crippen LogP contribution in [0.1, 0.15) is 46.4 Å². The van der Waals surface area contributed by atoms with Crippen molar-refractivity contribution in [3.63, 3.8) is 0 Å². The number of rotatable bonds is 8. The Morgan fingerprint density at radius 2 is 1.76 bits per heavy atom. The standard InChI is InChI=1S/C19H19N3O8.C2HF3O2/c23-13-7-6-11(17(27)21-13)22-18(28)10-3-1-4-12(16(10)19(22)29)30-9-14(24)20-8-2-5-15(25)26;3-2(4,5)1(6)7/h1,3-4,11H,2,5-9H2,(H,20,24)(H,25,26)(H,21,23,27);(H,6,7). The molecule has 0 radical (unpaired) electrons. The maximum atomic E-state index is 12.9. The molecule has 2 aliphatic heterocycles. The zero-order chi connectivity index (χ0) is 27.9. The Morgan fingerprint density at radius 1 is 1.11 bits per heavy atom. The third-order valence-electron chi connectivity index (χ3n) is 4.92. The molecule has 0 aromatic heterocycles. The molecule has 2 heterocycles. The number of carbonyl (C=O) groups is 7. The number of carbonyl (C=O) groups excluding carboxylic acids is 5. The number of carboxylic acid groups (broad SMARTS) is 2. The Bertz CT molecular complexity index is 1140. The number of nitrogens with one attached hydrogen (secondary N) is 2. The zero-order valence-corrected chi connectivity index (χ0v) is 18.8. The Morgan fingerprint density at radius 3 is 2.32 bits per heavy atom. The fraction of sp³-hybridized carbons (Fsp3) is 0.381. The van der Waals surface area contributed by atoms with E-state index >= 15 is 0 Å². The Kier molecular flexibility index (Phi) is 9.29. The van der Waals surface area contributed by atoms with Crippen molar-refractivity contribution in [1.29, 1.82) is 0 Å². The van der Waals surface area contributed by atoms with Crippen LogP contribution in [0.5, 0.6) is 5.75 Å². The van der Waals surface area contributed by atoms with Crippen LogP contribution < -0.4 is 15.4 Å². The first-order valence-electron chi connectivity index (χ1n) is 10.5. The minimum Gasteiger partial charge on any atom is -0.483 e. The highest BCUT2D eigenvalue weighted by atomic mass is 19.4. The largest absolute Gasteiger partial charge is 0.490 e. The van der Waals surface area contributed by atoms with Crippen molar-refractivity contribution in [2.75, 3.05) is 13.2 Å². The van der Waals surface area contributed by atoms with Crippen molar-refractivity contribution in [3.05, 3.63) is 29.3 Å². The van der Waals surface area contributed by atoms with Crippen LogP contribution in [0, 0.1) is 0 Å². The first kappa shape index (κ1) is 28.7. The maximum absolute atomic E-state index is 12.9. The first-order chi connectivity index (χ1) is 17.2. The summed E-state index contributed by atoms with van der Waals surface area (Å²) >= 11 is 0. The molecule has 1 atom stereocenters. The van der Waals surface area contributed by atoms with Crippen LogP contribution in [-0.2, 0) is 24.0 Å². The highest BCUT2D eigenvalue weighted by Gasteiger charge is 2.46. The lowest BCUT2D eigenvalue weighted by atomic mass is 10.0. The average Bonchev–Trinajstić information content (AvgIpc) is 3.06. The van der Waals surface area contributed by atoms with E-state index in [1.165, 1.54) is 18.2 Å². The van der Waals surface area contributed by atoms with Gasteiger partial charge in [-0.3, -0.25) is 39.0 Å². The molecule has 16 heteroatoms. The number of fused-ring (bicyclic) bond motifs is 1. The minimum absolute atomic E-state index is 0.00915.